The van der Waals surface area contributed by atoms with E-state index >= 15 is 0 Å². The van der Waals surface area contributed by atoms with Crippen LogP contribution in [0.2, 0.25) is 5.02 Å². The summed E-state index contributed by atoms with van der Waals surface area (Å²) in [5.41, 5.74) is 3.88. The first-order valence-corrected chi connectivity index (χ1v) is 12.4. The van der Waals surface area contributed by atoms with Gasteiger partial charge in [0.1, 0.15) is 11.6 Å². The Labute approximate surface area is 212 Å². The molecule has 5 nitrogen and oxygen atoms in total. The van der Waals surface area contributed by atoms with Crippen molar-refractivity contribution in [2.45, 2.75) is 52.1 Å². The maximum Gasteiger partial charge on any atom is 0.253 e. The fourth-order valence-corrected chi connectivity index (χ4v) is 4.24. The third kappa shape index (κ3) is 6.23. The normalized spacial score (nSPS) is 11.5. The molecule has 0 fully saturated rings. The van der Waals surface area contributed by atoms with E-state index in [4.69, 9.17) is 21.3 Å². The quantitative estimate of drug-likeness (QED) is 0.264. The van der Waals surface area contributed by atoms with Gasteiger partial charge in [-0.05, 0) is 60.2 Å². The topological polar surface area (TPSA) is 56.1 Å². The lowest BCUT2D eigenvalue weighted by Crippen LogP contribution is -2.25. The number of carbonyl (C=O) groups excluding carboxylic acids is 1. The molecule has 3 aromatic carbocycles. The number of amides is 1. The highest BCUT2D eigenvalue weighted by Crippen LogP contribution is 2.24. The zero-order valence-electron chi connectivity index (χ0n) is 20.6. The second-order valence-electron chi connectivity index (χ2n) is 9.66. The van der Waals surface area contributed by atoms with Crippen LogP contribution in [0.4, 0.5) is 0 Å². The fraction of sp³-hybridized carbons (Fsp3) is 0.310. The predicted octanol–water partition coefficient (Wildman–Crippen LogP) is 6.78. The molecule has 1 N–H and O–H groups in total. The summed E-state index contributed by atoms with van der Waals surface area (Å²) in [6, 6.07) is 23.5. The van der Waals surface area contributed by atoms with E-state index in [-0.39, 0.29) is 11.3 Å². The Morgan fingerprint density at radius 1 is 0.971 bits per heavy atom. The molecule has 1 aromatic heterocycles. The minimum atomic E-state index is -0.208. The molecule has 0 atom stereocenters. The van der Waals surface area contributed by atoms with Crippen LogP contribution in [0.3, 0.4) is 0 Å². The van der Waals surface area contributed by atoms with Crippen LogP contribution >= 0.6 is 11.6 Å². The number of fused-ring (bicyclic) bond motifs is 1. The van der Waals surface area contributed by atoms with E-state index in [0.717, 1.165) is 42.0 Å². The monoisotopic (exact) mass is 489 g/mol. The number of unbranched alkanes of at least 4 members (excludes halogenated alkanes) is 1. The van der Waals surface area contributed by atoms with Gasteiger partial charge in [0.05, 0.1) is 34.8 Å². The summed E-state index contributed by atoms with van der Waals surface area (Å²) < 4.78 is 8.14. The molecular formula is C29H32ClN3O2. The smallest absolute Gasteiger partial charge is 0.253 e. The van der Waals surface area contributed by atoms with Gasteiger partial charge in [0.2, 0.25) is 0 Å². The van der Waals surface area contributed by atoms with Gasteiger partial charge in [-0.2, -0.15) is 0 Å². The van der Waals surface area contributed by atoms with Gasteiger partial charge in [0.15, 0.2) is 0 Å². The SMILES string of the molecule is CC(C)(C)c1ccc(OCCCCn2c(CNC(=O)c3ccccc3Cl)nc3ccccc32)cc1. The van der Waals surface area contributed by atoms with Crippen molar-refractivity contribution in [1.29, 1.82) is 0 Å². The van der Waals surface area contributed by atoms with Crippen molar-refractivity contribution in [2.75, 3.05) is 6.61 Å². The molecule has 1 amide bonds. The molecule has 0 saturated carbocycles. The summed E-state index contributed by atoms with van der Waals surface area (Å²) in [6.45, 7) is 8.40. The van der Waals surface area contributed by atoms with Crippen LogP contribution in [0.5, 0.6) is 5.75 Å². The van der Waals surface area contributed by atoms with Gasteiger partial charge >= 0.3 is 0 Å². The number of ether oxygens (including phenoxy) is 1. The number of nitrogens with zero attached hydrogens (tertiary/aromatic N) is 2. The van der Waals surface area contributed by atoms with Gasteiger partial charge in [-0.3, -0.25) is 4.79 Å². The second-order valence-corrected chi connectivity index (χ2v) is 10.1. The van der Waals surface area contributed by atoms with E-state index in [9.17, 15) is 4.79 Å². The molecule has 182 valence electrons. The number of para-hydroxylation sites is 2. The summed E-state index contributed by atoms with van der Waals surface area (Å²) in [5, 5.41) is 3.40. The first-order valence-electron chi connectivity index (χ1n) is 12.0. The van der Waals surface area contributed by atoms with Crippen molar-refractivity contribution in [2.24, 2.45) is 0 Å². The molecule has 4 aromatic rings. The number of imidazole rings is 1. The van der Waals surface area contributed by atoms with Crippen LogP contribution in [0.1, 0.15) is 55.4 Å². The Kier molecular flexibility index (Phi) is 7.76. The van der Waals surface area contributed by atoms with Crippen molar-refractivity contribution in [3.8, 4) is 5.75 Å². The maximum absolute atomic E-state index is 12.6. The largest absolute Gasteiger partial charge is 0.494 e. The van der Waals surface area contributed by atoms with Crippen LogP contribution in [0, 0.1) is 0 Å². The number of halogens is 1. The maximum atomic E-state index is 12.6. The predicted molar refractivity (Wildman–Crippen MR) is 142 cm³/mol. The van der Waals surface area contributed by atoms with Crippen molar-refractivity contribution < 1.29 is 9.53 Å². The molecule has 0 aliphatic heterocycles. The average molecular weight is 490 g/mol. The van der Waals surface area contributed by atoms with Crippen molar-refractivity contribution >= 4 is 28.5 Å². The van der Waals surface area contributed by atoms with Gasteiger partial charge in [-0.1, -0.05) is 68.8 Å². The number of aromatic nitrogens is 2. The number of benzene rings is 3. The Morgan fingerprint density at radius 3 is 2.43 bits per heavy atom. The third-order valence-electron chi connectivity index (χ3n) is 6.02. The Hall–Kier alpha value is -3.31. The van der Waals surface area contributed by atoms with E-state index in [1.807, 2.05) is 36.4 Å². The van der Waals surface area contributed by atoms with Gasteiger partial charge in [-0.15, -0.1) is 0 Å². The summed E-state index contributed by atoms with van der Waals surface area (Å²) >= 11 is 6.17. The van der Waals surface area contributed by atoms with E-state index in [2.05, 4.69) is 48.9 Å². The molecule has 0 radical (unpaired) electrons. The van der Waals surface area contributed by atoms with Crippen LogP contribution < -0.4 is 10.1 Å². The van der Waals surface area contributed by atoms with Crippen LogP contribution in [0.15, 0.2) is 72.8 Å². The van der Waals surface area contributed by atoms with Crippen molar-refractivity contribution in [1.82, 2.24) is 14.9 Å². The van der Waals surface area contributed by atoms with Crippen LogP contribution in [0.25, 0.3) is 11.0 Å². The molecule has 35 heavy (non-hydrogen) atoms. The first-order chi connectivity index (χ1) is 16.8. The second kappa shape index (κ2) is 11.0. The van der Waals surface area contributed by atoms with Gasteiger partial charge in [0, 0.05) is 6.54 Å². The Balaban J connectivity index is 1.35. The van der Waals surface area contributed by atoms with Crippen LogP contribution in [-0.4, -0.2) is 22.1 Å². The van der Waals surface area contributed by atoms with Gasteiger partial charge < -0.3 is 14.6 Å². The number of carbonyl (C=O) groups is 1. The molecule has 0 spiro atoms. The summed E-state index contributed by atoms with van der Waals surface area (Å²) in [5.74, 6) is 1.51. The summed E-state index contributed by atoms with van der Waals surface area (Å²) in [7, 11) is 0. The molecule has 0 aliphatic rings. The van der Waals surface area contributed by atoms with Crippen LogP contribution in [-0.2, 0) is 18.5 Å². The summed E-state index contributed by atoms with van der Waals surface area (Å²) in [6.07, 6.45) is 1.85. The molecule has 4 rings (SSSR count). The van der Waals surface area contributed by atoms with E-state index in [1.54, 1.807) is 18.2 Å². The van der Waals surface area contributed by atoms with Crippen molar-refractivity contribution in [3.05, 3.63) is 94.8 Å². The minimum absolute atomic E-state index is 0.136. The minimum Gasteiger partial charge on any atom is -0.494 e. The Bertz CT molecular complexity index is 1290. The first kappa shape index (κ1) is 24.8. The average Bonchev–Trinajstić information content (AvgIpc) is 3.20. The van der Waals surface area contributed by atoms with E-state index < -0.39 is 0 Å². The number of hydrogen-bond acceptors (Lipinski definition) is 3. The highest BCUT2D eigenvalue weighted by molar-refractivity contribution is 6.33. The van der Waals surface area contributed by atoms with Crippen molar-refractivity contribution in [3.63, 3.8) is 0 Å². The molecule has 0 bridgehead atoms. The number of aryl methyl sites for hydroxylation is 1. The molecule has 6 heteroatoms. The lowest BCUT2D eigenvalue weighted by atomic mass is 9.87. The highest BCUT2D eigenvalue weighted by atomic mass is 35.5. The highest BCUT2D eigenvalue weighted by Gasteiger charge is 2.15. The van der Waals surface area contributed by atoms with E-state index in [0.29, 0.717) is 23.7 Å². The molecule has 0 saturated heterocycles. The third-order valence-corrected chi connectivity index (χ3v) is 6.35. The number of nitrogens with one attached hydrogen (secondary N) is 1. The lowest BCUT2D eigenvalue weighted by molar-refractivity contribution is 0.0949. The summed E-state index contributed by atoms with van der Waals surface area (Å²) in [4.78, 5) is 17.4. The van der Waals surface area contributed by atoms with E-state index in [1.165, 1.54) is 5.56 Å². The molecule has 0 aliphatic carbocycles. The molecule has 0 unspecified atom stereocenters. The van der Waals surface area contributed by atoms with Gasteiger partial charge in [0.25, 0.3) is 5.91 Å². The Morgan fingerprint density at radius 2 is 1.69 bits per heavy atom. The number of hydrogen-bond donors (Lipinski definition) is 1. The molecule has 1 heterocycles. The standard InChI is InChI=1S/C29H32ClN3O2/c1-29(2,3)21-14-16-22(17-15-21)35-19-9-8-18-33-26-13-7-6-12-25(26)32-27(33)20-31-28(34)23-10-4-5-11-24(23)30/h4-7,10-17H,8-9,18-20H2,1-3H3,(H,31,34). The molecular weight excluding hydrogens is 458 g/mol. The lowest BCUT2D eigenvalue weighted by Gasteiger charge is -2.19. The zero-order valence-corrected chi connectivity index (χ0v) is 21.3. The zero-order chi connectivity index (χ0) is 24.8. The fourth-order valence-electron chi connectivity index (χ4n) is 4.02. The number of rotatable bonds is 9. The van der Waals surface area contributed by atoms with Gasteiger partial charge in [-0.25, -0.2) is 4.98 Å².